The highest BCUT2D eigenvalue weighted by molar-refractivity contribution is 5.42. The molecule has 0 spiro atoms. The molecule has 0 amide bonds. The van der Waals surface area contributed by atoms with Crippen molar-refractivity contribution < 1.29 is 13.9 Å². The molecule has 1 aliphatic rings. The molecule has 0 aliphatic heterocycles. The zero-order valence-electron chi connectivity index (χ0n) is 12.1. The number of methoxy groups -OCH3 is 1. The minimum Gasteiger partial charge on any atom is -0.497 e. The number of fused-ring (bicyclic) bond motifs is 1. The molecule has 110 valence electrons. The Balaban J connectivity index is 1.85. The second kappa shape index (κ2) is 5.74. The summed E-state index contributed by atoms with van der Waals surface area (Å²) in [6, 6.07) is 12.4. The lowest BCUT2D eigenvalue weighted by Gasteiger charge is -2.21. The minimum absolute atomic E-state index is 0.0566. The molecule has 0 radical (unpaired) electrons. The summed E-state index contributed by atoms with van der Waals surface area (Å²) in [7, 11) is 3.56. The summed E-state index contributed by atoms with van der Waals surface area (Å²) in [5, 5.41) is 3.28. The fraction of sp³-hybridized carbons (Fsp3) is 0.294. The molecule has 1 N–H and O–H groups in total. The van der Waals surface area contributed by atoms with Crippen LogP contribution in [0.1, 0.15) is 17.2 Å². The van der Waals surface area contributed by atoms with Crippen LogP contribution in [-0.2, 0) is 6.42 Å². The van der Waals surface area contributed by atoms with E-state index in [9.17, 15) is 4.39 Å². The van der Waals surface area contributed by atoms with E-state index < -0.39 is 0 Å². The maximum Gasteiger partial charge on any atom is 0.126 e. The largest absolute Gasteiger partial charge is 0.497 e. The Morgan fingerprint density at radius 3 is 2.71 bits per heavy atom. The predicted octanol–water partition coefficient (Wildman–Crippen LogP) is 3.10. The first kappa shape index (κ1) is 13.9. The molecule has 0 aromatic heterocycles. The Morgan fingerprint density at radius 1 is 1.14 bits per heavy atom. The molecule has 21 heavy (non-hydrogen) atoms. The predicted molar refractivity (Wildman–Crippen MR) is 79.3 cm³/mol. The Kier molecular flexibility index (Phi) is 3.80. The topological polar surface area (TPSA) is 30.5 Å². The van der Waals surface area contributed by atoms with Crippen molar-refractivity contribution in [2.75, 3.05) is 14.2 Å². The molecule has 0 heterocycles. The van der Waals surface area contributed by atoms with Gasteiger partial charge in [-0.25, -0.2) is 4.39 Å². The molecule has 0 fully saturated rings. The van der Waals surface area contributed by atoms with E-state index >= 15 is 0 Å². The highest BCUT2D eigenvalue weighted by atomic mass is 19.1. The summed E-state index contributed by atoms with van der Waals surface area (Å²) in [6.07, 6.45) is 0.736. The van der Waals surface area contributed by atoms with Gasteiger partial charge in [0.05, 0.1) is 13.2 Å². The average molecular weight is 287 g/mol. The molecule has 3 rings (SSSR count). The van der Waals surface area contributed by atoms with Crippen LogP contribution in [0.5, 0.6) is 11.5 Å². The van der Waals surface area contributed by atoms with Gasteiger partial charge in [-0.15, -0.1) is 0 Å². The number of halogens is 1. The first-order chi connectivity index (χ1) is 10.2. The molecule has 2 aromatic carbocycles. The molecule has 2 aromatic rings. The highest BCUT2D eigenvalue weighted by Crippen LogP contribution is 2.36. The zero-order chi connectivity index (χ0) is 14.8. The second-order valence-electron chi connectivity index (χ2n) is 5.15. The normalized spacial score (nSPS) is 20.1. The quantitative estimate of drug-likeness (QED) is 0.937. The highest BCUT2D eigenvalue weighted by Gasteiger charge is 2.33. The fourth-order valence-corrected chi connectivity index (χ4v) is 2.88. The van der Waals surface area contributed by atoms with Crippen LogP contribution in [0.15, 0.2) is 42.5 Å². The molecule has 0 saturated carbocycles. The third kappa shape index (κ3) is 2.72. The van der Waals surface area contributed by atoms with E-state index in [2.05, 4.69) is 11.4 Å². The second-order valence-corrected chi connectivity index (χ2v) is 5.15. The number of likely N-dealkylation sites (N-methyl/N-ethyl adjacent to an activating group) is 1. The first-order valence-corrected chi connectivity index (χ1v) is 6.97. The monoisotopic (exact) mass is 287 g/mol. The number of ether oxygens (including phenoxy) is 2. The summed E-state index contributed by atoms with van der Waals surface area (Å²) in [6.45, 7) is 0. The van der Waals surface area contributed by atoms with E-state index in [1.807, 2.05) is 19.2 Å². The number of rotatable bonds is 4. The van der Waals surface area contributed by atoms with Crippen molar-refractivity contribution in [3.05, 3.63) is 59.4 Å². The number of benzene rings is 2. The van der Waals surface area contributed by atoms with Gasteiger partial charge in [0.2, 0.25) is 0 Å². The number of nitrogens with one attached hydrogen (secondary N) is 1. The lowest BCUT2D eigenvalue weighted by Crippen LogP contribution is -2.30. The van der Waals surface area contributed by atoms with Crippen LogP contribution in [0.3, 0.4) is 0 Å². The van der Waals surface area contributed by atoms with Crippen LogP contribution in [0, 0.1) is 5.82 Å². The molecule has 0 saturated heterocycles. The van der Waals surface area contributed by atoms with Gasteiger partial charge in [-0.05, 0) is 42.4 Å². The van der Waals surface area contributed by atoms with Gasteiger partial charge in [0, 0.05) is 12.5 Å². The van der Waals surface area contributed by atoms with Crippen molar-refractivity contribution in [3.8, 4) is 11.5 Å². The van der Waals surface area contributed by atoms with Gasteiger partial charge in [0.1, 0.15) is 23.4 Å². The van der Waals surface area contributed by atoms with Gasteiger partial charge in [-0.2, -0.15) is 0 Å². The molecule has 1 aliphatic carbocycles. The Morgan fingerprint density at radius 2 is 2.00 bits per heavy atom. The van der Waals surface area contributed by atoms with Gasteiger partial charge in [0.15, 0.2) is 0 Å². The van der Waals surface area contributed by atoms with Gasteiger partial charge < -0.3 is 14.8 Å². The third-order valence-electron chi connectivity index (χ3n) is 3.88. The standard InChI is InChI=1S/C17H18FNO2/c1-19-17-15-10-13(20-2)7-6-11(15)8-16(17)21-14-5-3-4-12(18)9-14/h3-7,9-10,16-17,19H,8H2,1-2H3. The molecule has 3 nitrogen and oxygen atoms in total. The van der Waals surface area contributed by atoms with Crippen LogP contribution in [0.4, 0.5) is 4.39 Å². The molecule has 0 bridgehead atoms. The lowest BCUT2D eigenvalue weighted by molar-refractivity contribution is 0.170. The van der Waals surface area contributed by atoms with E-state index in [4.69, 9.17) is 9.47 Å². The van der Waals surface area contributed by atoms with E-state index in [1.54, 1.807) is 19.2 Å². The van der Waals surface area contributed by atoms with E-state index in [0.29, 0.717) is 5.75 Å². The van der Waals surface area contributed by atoms with Crippen LogP contribution in [0.25, 0.3) is 0 Å². The van der Waals surface area contributed by atoms with Crippen LogP contribution >= 0.6 is 0 Å². The van der Waals surface area contributed by atoms with Crippen molar-refractivity contribution in [1.82, 2.24) is 5.32 Å². The number of hydrogen-bond donors (Lipinski definition) is 1. The first-order valence-electron chi connectivity index (χ1n) is 6.97. The maximum absolute atomic E-state index is 13.3. The summed E-state index contributed by atoms with van der Waals surface area (Å²) >= 11 is 0. The number of hydrogen-bond acceptors (Lipinski definition) is 3. The van der Waals surface area contributed by atoms with Crippen LogP contribution < -0.4 is 14.8 Å². The van der Waals surface area contributed by atoms with Crippen molar-refractivity contribution in [2.45, 2.75) is 18.6 Å². The zero-order valence-corrected chi connectivity index (χ0v) is 12.1. The average Bonchev–Trinajstić information content (AvgIpc) is 2.83. The summed E-state index contributed by atoms with van der Waals surface area (Å²) in [4.78, 5) is 0. The SMILES string of the molecule is CNC1c2cc(OC)ccc2CC1Oc1cccc(F)c1. The molecular weight excluding hydrogens is 269 g/mol. The third-order valence-corrected chi connectivity index (χ3v) is 3.88. The van der Waals surface area contributed by atoms with Crippen molar-refractivity contribution in [2.24, 2.45) is 0 Å². The van der Waals surface area contributed by atoms with Gasteiger partial charge in [0.25, 0.3) is 0 Å². The molecule has 4 heteroatoms. The van der Waals surface area contributed by atoms with Gasteiger partial charge in [-0.1, -0.05) is 12.1 Å². The molecule has 2 atom stereocenters. The Hall–Kier alpha value is -2.07. The molecular formula is C17H18FNO2. The van der Waals surface area contributed by atoms with Crippen molar-refractivity contribution >= 4 is 0 Å². The van der Waals surface area contributed by atoms with Crippen LogP contribution in [-0.4, -0.2) is 20.3 Å². The van der Waals surface area contributed by atoms with E-state index in [0.717, 1.165) is 12.2 Å². The maximum atomic E-state index is 13.3. The summed E-state index contributed by atoms with van der Waals surface area (Å²) in [5.74, 6) is 1.10. The van der Waals surface area contributed by atoms with E-state index in [-0.39, 0.29) is 18.0 Å². The fourth-order valence-electron chi connectivity index (χ4n) is 2.88. The minimum atomic E-state index is -0.286. The van der Waals surface area contributed by atoms with Crippen LogP contribution in [0.2, 0.25) is 0 Å². The lowest BCUT2D eigenvalue weighted by atomic mass is 10.1. The van der Waals surface area contributed by atoms with Gasteiger partial charge in [-0.3, -0.25) is 0 Å². The molecule has 2 unspecified atom stereocenters. The van der Waals surface area contributed by atoms with Crippen molar-refractivity contribution in [1.29, 1.82) is 0 Å². The van der Waals surface area contributed by atoms with Crippen molar-refractivity contribution in [3.63, 3.8) is 0 Å². The Labute approximate surface area is 123 Å². The Bertz CT molecular complexity index is 644. The summed E-state index contributed by atoms with van der Waals surface area (Å²) < 4.78 is 24.5. The van der Waals surface area contributed by atoms with E-state index in [1.165, 1.54) is 23.3 Å². The van der Waals surface area contributed by atoms with Gasteiger partial charge >= 0.3 is 0 Å². The summed E-state index contributed by atoms with van der Waals surface area (Å²) in [5.41, 5.74) is 2.41. The smallest absolute Gasteiger partial charge is 0.126 e.